The summed E-state index contributed by atoms with van der Waals surface area (Å²) < 4.78 is 0. The molecule has 2 nitrogen and oxygen atoms in total. The van der Waals surface area contributed by atoms with E-state index in [-0.39, 0.29) is 0 Å². The van der Waals surface area contributed by atoms with Gasteiger partial charge >= 0.3 is 0 Å². The second kappa shape index (κ2) is 6.06. The van der Waals surface area contributed by atoms with Crippen molar-refractivity contribution in [2.75, 3.05) is 20.1 Å². The third-order valence-electron chi connectivity index (χ3n) is 3.00. The minimum atomic E-state index is 0.304. The lowest BCUT2D eigenvalue weighted by atomic mass is 9.92. The topological polar surface area (TPSA) is 20.3 Å². The molecule has 0 aromatic carbocycles. The molecule has 0 unspecified atom stereocenters. The fraction of sp³-hybridized carbons (Fsp3) is 0.769. The molecular formula is C13H23NO. The molecule has 0 aromatic heterocycles. The van der Waals surface area contributed by atoms with Crippen LogP contribution in [0.2, 0.25) is 0 Å². The molecule has 0 bridgehead atoms. The van der Waals surface area contributed by atoms with Gasteiger partial charge in [-0.15, -0.1) is 0 Å². The van der Waals surface area contributed by atoms with Crippen molar-refractivity contribution in [2.24, 2.45) is 11.8 Å². The highest BCUT2D eigenvalue weighted by Crippen LogP contribution is 2.19. The number of hydrogen-bond donors (Lipinski definition) is 0. The first-order chi connectivity index (χ1) is 7.08. The predicted molar refractivity (Wildman–Crippen MR) is 63.8 cm³/mol. The highest BCUT2D eigenvalue weighted by atomic mass is 16.1. The minimum Gasteiger partial charge on any atom is -0.306 e. The summed E-state index contributed by atoms with van der Waals surface area (Å²) in [5, 5.41) is 0. The van der Waals surface area contributed by atoms with Crippen molar-refractivity contribution in [1.82, 2.24) is 4.90 Å². The second-order valence-corrected chi connectivity index (χ2v) is 5.02. The highest BCUT2D eigenvalue weighted by Gasteiger charge is 2.18. The van der Waals surface area contributed by atoms with E-state index in [4.69, 9.17) is 0 Å². The number of rotatable bonds is 4. The van der Waals surface area contributed by atoms with Crippen molar-refractivity contribution < 1.29 is 4.79 Å². The molecule has 0 aromatic rings. The zero-order chi connectivity index (χ0) is 11.3. The van der Waals surface area contributed by atoms with Crippen LogP contribution in [-0.4, -0.2) is 30.8 Å². The monoisotopic (exact) mass is 209 g/mol. The Morgan fingerprint density at radius 2 is 2.00 bits per heavy atom. The van der Waals surface area contributed by atoms with Crippen LogP contribution in [0.25, 0.3) is 0 Å². The summed E-state index contributed by atoms with van der Waals surface area (Å²) in [5.41, 5.74) is 0. The molecule has 1 saturated heterocycles. The lowest BCUT2D eigenvalue weighted by Crippen LogP contribution is -2.30. The molecule has 2 heteroatoms. The van der Waals surface area contributed by atoms with Crippen LogP contribution in [-0.2, 0) is 4.79 Å². The molecule has 1 aliphatic rings. The van der Waals surface area contributed by atoms with Crippen LogP contribution in [0.3, 0.4) is 0 Å². The van der Waals surface area contributed by atoms with Crippen molar-refractivity contribution in [2.45, 2.75) is 33.1 Å². The molecule has 0 radical (unpaired) electrons. The van der Waals surface area contributed by atoms with Gasteiger partial charge in [-0.25, -0.2) is 0 Å². The van der Waals surface area contributed by atoms with Crippen molar-refractivity contribution in [3.63, 3.8) is 0 Å². The first kappa shape index (κ1) is 12.4. The zero-order valence-electron chi connectivity index (χ0n) is 10.2. The lowest BCUT2D eigenvalue weighted by Gasteiger charge is -2.28. The van der Waals surface area contributed by atoms with Gasteiger partial charge in [0.25, 0.3) is 0 Å². The second-order valence-electron chi connectivity index (χ2n) is 5.02. The van der Waals surface area contributed by atoms with Crippen molar-refractivity contribution in [3.05, 3.63) is 12.2 Å². The van der Waals surface area contributed by atoms with Gasteiger partial charge in [-0.3, -0.25) is 4.79 Å². The lowest BCUT2D eigenvalue weighted by molar-refractivity contribution is -0.115. The van der Waals surface area contributed by atoms with Crippen molar-refractivity contribution in [3.8, 4) is 0 Å². The van der Waals surface area contributed by atoms with Crippen LogP contribution in [0.4, 0.5) is 0 Å². The minimum absolute atomic E-state index is 0.304. The average molecular weight is 209 g/mol. The first-order valence-corrected chi connectivity index (χ1v) is 5.97. The van der Waals surface area contributed by atoms with E-state index < -0.39 is 0 Å². The normalized spacial score (nSPS) is 20.3. The molecule has 0 atom stereocenters. The summed E-state index contributed by atoms with van der Waals surface area (Å²) in [5.74, 6) is 1.40. The largest absolute Gasteiger partial charge is 0.306 e. The third-order valence-corrected chi connectivity index (χ3v) is 3.00. The predicted octanol–water partition coefficient (Wildman–Crippen LogP) is 2.50. The van der Waals surface area contributed by atoms with E-state index in [1.165, 1.54) is 12.8 Å². The summed E-state index contributed by atoms with van der Waals surface area (Å²) in [7, 11) is 2.15. The molecule has 0 amide bonds. The number of piperidine rings is 1. The van der Waals surface area contributed by atoms with E-state index in [1.807, 2.05) is 6.08 Å². The van der Waals surface area contributed by atoms with Gasteiger partial charge in [0, 0.05) is 6.42 Å². The molecule has 1 heterocycles. The first-order valence-electron chi connectivity index (χ1n) is 5.97. The van der Waals surface area contributed by atoms with Crippen molar-refractivity contribution >= 4 is 5.78 Å². The quantitative estimate of drug-likeness (QED) is 0.663. The molecule has 86 valence electrons. The summed E-state index contributed by atoms with van der Waals surface area (Å²) in [4.78, 5) is 13.9. The van der Waals surface area contributed by atoms with Gasteiger partial charge in [0.15, 0.2) is 5.78 Å². The average Bonchev–Trinajstić information content (AvgIpc) is 2.19. The van der Waals surface area contributed by atoms with E-state index in [9.17, 15) is 4.79 Å². The number of carbonyl (C=O) groups is 1. The SMILES string of the molecule is CC(C)/C=C/C(=O)CC1CCN(C)CC1. The fourth-order valence-electron chi connectivity index (χ4n) is 1.92. The Bertz CT molecular complexity index is 225. The summed E-state index contributed by atoms with van der Waals surface area (Å²) in [6, 6.07) is 0. The highest BCUT2D eigenvalue weighted by molar-refractivity contribution is 5.89. The van der Waals surface area contributed by atoms with Crippen LogP contribution in [0.15, 0.2) is 12.2 Å². The van der Waals surface area contributed by atoms with E-state index in [2.05, 4.69) is 25.8 Å². The van der Waals surface area contributed by atoms with Crippen LogP contribution >= 0.6 is 0 Å². The van der Waals surface area contributed by atoms with Crippen molar-refractivity contribution in [1.29, 1.82) is 0 Å². The van der Waals surface area contributed by atoms with Crippen LogP contribution in [0.1, 0.15) is 33.1 Å². The molecule has 1 aliphatic heterocycles. The van der Waals surface area contributed by atoms with Crippen LogP contribution < -0.4 is 0 Å². The van der Waals surface area contributed by atoms with Gasteiger partial charge in [-0.1, -0.05) is 19.9 Å². The Balaban J connectivity index is 2.26. The maximum atomic E-state index is 11.6. The molecule has 0 aliphatic carbocycles. The van der Waals surface area contributed by atoms with Crippen LogP contribution in [0, 0.1) is 11.8 Å². The number of carbonyl (C=O) groups excluding carboxylic acids is 1. The maximum Gasteiger partial charge on any atom is 0.155 e. The van der Waals surface area contributed by atoms with Gasteiger partial charge in [0.05, 0.1) is 0 Å². The fourth-order valence-corrected chi connectivity index (χ4v) is 1.92. The molecule has 0 saturated carbocycles. The summed E-state index contributed by atoms with van der Waals surface area (Å²) in [6.45, 7) is 6.48. The Labute approximate surface area is 93.3 Å². The molecule has 1 fully saturated rings. The molecule has 15 heavy (non-hydrogen) atoms. The molecule has 0 N–H and O–H groups in total. The van der Waals surface area contributed by atoms with Gasteiger partial charge in [0.2, 0.25) is 0 Å². The van der Waals surface area contributed by atoms with Gasteiger partial charge < -0.3 is 4.90 Å². The number of allylic oxidation sites excluding steroid dienone is 2. The number of nitrogens with zero attached hydrogens (tertiary/aromatic N) is 1. The van der Waals surface area contributed by atoms with E-state index in [1.54, 1.807) is 6.08 Å². The van der Waals surface area contributed by atoms with E-state index in [0.717, 1.165) is 19.5 Å². The Kier molecular flexibility index (Phi) is 5.03. The van der Waals surface area contributed by atoms with E-state index >= 15 is 0 Å². The Morgan fingerprint density at radius 3 is 2.53 bits per heavy atom. The molecule has 0 spiro atoms. The van der Waals surface area contributed by atoms with Gasteiger partial charge in [-0.2, -0.15) is 0 Å². The summed E-state index contributed by atoms with van der Waals surface area (Å²) in [6.07, 6.45) is 6.87. The number of hydrogen-bond acceptors (Lipinski definition) is 2. The third kappa shape index (κ3) is 5.12. The van der Waals surface area contributed by atoms with Gasteiger partial charge in [0.1, 0.15) is 0 Å². The zero-order valence-corrected chi connectivity index (χ0v) is 10.2. The molecular weight excluding hydrogens is 186 g/mol. The number of ketones is 1. The summed E-state index contributed by atoms with van der Waals surface area (Å²) >= 11 is 0. The van der Waals surface area contributed by atoms with E-state index in [0.29, 0.717) is 17.6 Å². The standard InChI is InChI=1S/C13H23NO/c1-11(2)4-5-13(15)10-12-6-8-14(3)9-7-12/h4-5,11-12H,6-10H2,1-3H3/b5-4+. The Morgan fingerprint density at radius 1 is 1.40 bits per heavy atom. The smallest absolute Gasteiger partial charge is 0.155 e. The van der Waals surface area contributed by atoms with Crippen LogP contribution in [0.5, 0.6) is 0 Å². The maximum absolute atomic E-state index is 11.6. The number of likely N-dealkylation sites (tertiary alicyclic amines) is 1. The Hall–Kier alpha value is -0.630. The molecule has 1 rings (SSSR count). The van der Waals surface area contributed by atoms with Gasteiger partial charge in [-0.05, 0) is 50.9 Å².